The van der Waals surface area contributed by atoms with Crippen LogP contribution in [0.25, 0.3) is 0 Å². The van der Waals surface area contributed by atoms with Gasteiger partial charge in [-0.3, -0.25) is 9.59 Å². The summed E-state index contributed by atoms with van der Waals surface area (Å²) in [7, 11) is 4.69. The van der Waals surface area contributed by atoms with E-state index in [4.69, 9.17) is 14.2 Å². The second kappa shape index (κ2) is 10.1. The molecule has 0 atom stereocenters. The molecule has 2 amide bonds. The van der Waals surface area contributed by atoms with Gasteiger partial charge in [0.15, 0.2) is 11.5 Å². The minimum absolute atomic E-state index is 0.211. The van der Waals surface area contributed by atoms with Gasteiger partial charge in [0, 0.05) is 13.1 Å². The van der Waals surface area contributed by atoms with Gasteiger partial charge in [0.1, 0.15) is 5.75 Å². The fourth-order valence-electron chi connectivity index (χ4n) is 2.48. The zero-order valence-corrected chi connectivity index (χ0v) is 15.7. The Morgan fingerprint density at radius 1 is 0.815 bits per heavy atom. The molecule has 0 aliphatic heterocycles. The van der Waals surface area contributed by atoms with Crippen molar-refractivity contribution >= 4 is 11.8 Å². The largest absolute Gasteiger partial charge is 0.497 e. The lowest BCUT2D eigenvalue weighted by molar-refractivity contribution is -0.139. The van der Waals surface area contributed by atoms with E-state index in [1.165, 1.54) is 7.11 Å². The number of benzene rings is 2. The number of nitrogens with one attached hydrogen (secondary N) is 2. The monoisotopic (exact) mass is 372 g/mol. The SMILES string of the molecule is COc1cccc(CCNC(=O)C(=O)NCc2ccc(OC)c(OC)c2)c1. The third-order valence-electron chi connectivity index (χ3n) is 3.94. The summed E-state index contributed by atoms with van der Waals surface area (Å²) in [6, 6.07) is 12.8. The molecule has 2 N–H and O–H groups in total. The van der Waals surface area contributed by atoms with Crippen molar-refractivity contribution in [3.63, 3.8) is 0 Å². The Hall–Kier alpha value is -3.22. The smallest absolute Gasteiger partial charge is 0.309 e. The van der Waals surface area contributed by atoms with Gasteiger partial charge in [0.05, 0.1) is 21.3 Å². The summed E-state index contributed by atoms with van der Waals surface area (Å²) in [5.74, 6) is 0.565. The number of ether oxygens (including phenoxy) is 3. The maximum atomic E-state index is 11.9. The molecule has 0 saturated heterocycles. The van der Waals surface area contributed by atoms with Gasteiger partial charge in [-0.05, 0) is 41.8 Å². The molecule has 144 valence electrons. The van der Waals surface area contributed by atoms with E-state index in [-0.39, 0.29) is 6.54 Å². The van der Waals surface area contributed by atoms with Crippen molar-refractivity contribution in [3.05, 3.63) is 53.6 Å². The van der Waals surface area contributed by atoms with Crippen LogP contribution >= 0.6 is 0 Å². The molecule has 2 rings (SSSR count). The van der Waals surface area contributed by atoms with E-state index in [0.29, 0.717) is 24.5 Å². The van der Waals surface area contributed by atoms with Crippen LogP contribution in [0.2, 0.25) is 0 Å². The van der Waals surface area contributed by atoms with Crippen molar-refractivity contribution in [2.24, 2.45) is 0 Å². The first-order valence-electron chi connectivity index (χ1n) is 8.47. The molecular formula is C20H24N2O5. The molecule has 0 heterocycles. The summed E-state index contributed by atoms with van der Waals surface area (Å²) in [6.45, 7) is 0.568. The Balaban J connectivity index is 1.79. The van der Waals surface area contributed by atoms with Crippen molar-refractivity contribution in [1.82, 2.24) is 10.6 Å². The highest BCUT2D eigenvalue weighted by molar-refractivity contribution is 6.35. The van der Waals surface area contributed by atoms with Crippen LogP contribution in [0.15, 0.2) is 42.5 Å². The minimum Gasteiger partial charge on any atom is -0.497 e. The van der Waals surface area contributed by atoms with Crippen LogP contribution in [0, 0.1) is 0 Å². The van der Waals surface area contributed by atoms with Gasteiger partial charge in [0.2, 0.25) is 0 Å². The normalized spacial score (nSPS) is 10.0. The molecule has 0 aromatic heterocycles. The number of carbonyl (C=O) groups excluding carboxylic acids is 2. The van der Waals surface area contributed by atoms with Gasteiger partial charge >= 0.3 is 11.8 Å². The molecule has 27 heavy (non-hydrogen) atoms. The Kier molecular flexibility index (Phi) is 7.49. The third-order valence-corrected chi connectivity index (χ3v) is 3.94. The zero-order valence-electron chi connectivity index (χ0n) is 15.7. The highest BCUT2D eigenvalue weighted by Gasteiger charge is 2.13. The van der Waals surface area contributed by atoms with E-state index in [1.54, 1.807) is 32.4 Å². The van der Waals surface area contributed by atoms with Gasteiger partial charge in [-0.1, -0.05) is 18.2 Å². The van der Waals surface area contributed by atoms with Crippen LogP contribution in [-0.4, -0.2) is 39.7 Å². The zero-order chi connectivity index (χ0) is 19.6. The number of methoxy groups -OCH3 is 3. The number of amides is 2. The second-order valence-corrected chi connectivity index (χ2v) is 5.73. The van der Waals surface area contributed by atoms with Crippen LogP contribution in [0.3, 0.4) is 0 Å². The predicted octanol–water partition coefficient (Wildman–Crippen LogP) is 1.69. The van der Waals surface area contributed by atoms with Gasteiger partial charge in [-0.2, -0.15) is 0 Å². The van der Waals surface area contributed by atoms with Crippen LogP contribution in [0.4, 0.5) is 0 Å². The predicted molar refractivity (Wildman–Crippen MR) is 101 cm³/mol. The van der Waals surface area contributed by atoms with E-state index in [9.17, 15) is 9.59 Å². The van der Waals surface area contributed by atoms with Crippen molar-refractivity contribution < 1.29 is 23.8 Å². The molecule has 2 aromatic rings. The van der Waals surface area contributed by atoms with Crippen molar-refractivity contribution in [3.8, 4) is 17.2 Å². The Morgan fingerprint density at radius 3 is 2.26 bits per heavy atom. The van der Waals surface area contributed by atoms with E-state index < -0.39 is 11.8 Å². The lowest BCUT2D eigenvalue weighted by Gasteiger charge is -2.10. The van der Waals surface area contributed by atoms with Crippen LogP contribution < -0.4 is 24.8 Å². The highest BCUT2D eigenvalue weighted by atomic mass is 16.5. The average molecular weight is 372 g/mol. The Bertz CT molecular complexity index is 792. The maximum absolute atomic E-state index is 11.9. The van der Waals surface area contributed by atoms with E-state index >= 15 is 0 Å². The van der Waals surface area contributed by atoms with Crippen LogP contribution in [0.1, 0.15) is 11.1 Å². The van der Waals surface area contributed by atoms with Crippen LogP contribution in [-0.2, 0) is 22.6 Å². The van der Waals surface area contributed by atoms with E-state index in [0.717, 1.165) is 16.9 Å². The first-order valence-corrected chi connectivity index (χ1v) is 8.47. The summed E-state index contributed by atoms with van der Waals surface area (Å²) < 4.78 is 15.5. The molecule has 7 nitrogen and oxygen atoms in total. The summed E-state index contributed by atoms with van der Waals surface area (Å²) in [5, 5.41) is 5.20. The number of carbonyl (C=O) groups is 2. The summed E-state index contributed by atoms with van der Waals surface area (Å²) in [5.41, 5.74) is 1.81. The summed E-state index contributed by atoms with van der Waals surface area (Å²) >= 11 is 0. The Morgan fingerprint density at radius 2 is 1.56 bits per heavy atom. The standard InChI is InChI=1S/C20H24N2O5/c1-25-16-6-4-5-14(11-16)9-10-21-19(23)20(24)22-13-15-7-8-17(26-2)18(12-15)27-3/h4-8,11-12H,9-10,13H2,1-3H3,(H,21,23)(H,22,24). The molecule has 0 bridgehead atoms. The van der Waals surface area contributed by atoms with Crippen molar-refractivity contribution in [2.75, 3.05) is 27.9 Å². The first-order chi connectivity index (χ1) is 13.1. The summed E-state index contributed by atoms with van der Waals surface area (Å²) in [6.07, 6.45) is 0.603. The molecular weight excluding hydrogens is 348 g/mol. The molecule has 2 aromatic carbocycles. The van der Waals surface area contributed by atoms with Gasteiger partial charge in [0.25, 0.3) is 0 Å². The number of hydrogen-bond donors (Lipinski definition) is 2. The second-order valence-electron chi connectivity index (χ2n) is 5.73. The number of rotatable bonds is 8. The molecule has 0 radical (unpaired) electrons. The molecule has 0 aliphatic rings. The van der Waals surface area contributed by atoms with Gasteiger partial charge in [-0.15, -0.1) is 0 Å². The summed E-state index contributed by atoms with van der Waals surface area (Å²) in [4.78, 5) is 23.8. The van der Waals surface area contributed by atoms with Crippen molar-refractivity contribution in [1.29, 1.82) is 0 Å². The topological polar surface area (TPSA) is 85.9 Å². The fraction of sp³-hybridized carbons (Fsp3) is 0.300. The van der Waals surface area contributed by atoms with E-state index in [2.05, 4.69) is 10.6 Å². The molecule has 0 unspecified atom stereocenters. The minimum atomic E-state index is -0.685. The average Bonchev–Trinajstić information content (AvgIpc) is 2.71. The van der Waals surface area contributed by atoms with Gasteiger partial charge < -0.3 is 24.8 Å². The first kappa shape index (κ1) is 20.1. The lowest BCUT2D eigenvalue weighted by Crippen LogP contribution is -2.40. The molecule has 0 fully saturated rings. The van der Waals surface area contributed by atoms with E-state index in [1.807, 2.05) is 24.3 Å². The number of hydrogen-bond acceptors (Lipinski definition) is 5. The third kappa shape index (κ3) is 5.91. The highest BCUT2D eigenvalue weighted by Crippen LogP contribution is 2.27. The molecule has 7 heteroatoms. The van der Waals surface area contributed by atoms with Crippen LogP contribution in [0.5, 0.6) is 17.2 Å². The van der Waals surface area contributed by atoms with Crippen molar-refractivity contribution in [2.45, 2.75) is 13.0 Å². The molecule has 0 aliphatic carbocycles. The maximum Gasteiger partial charge on any atom is 0.309 e. The molecule has 0 spiro atoms. The lowest BCUT2D eigenvalue weighted by atomic mass is 10.1. The molecule has 0 saturated carbocycles. The quantitative estimate of drug-likeness (QED) is 0.689. The Labute approximate surface area is 158 Å². The van der Waals surface area contributed by atoms with Gasteiger partial charge in [-0.25, -0.2) is 0 Å². The fourth-order valence-corrected chi connectivity index (χ4v) is 2.48.